The highest BCUT2D eigenvalue weighted by Crippen LogP contribution is 2.34. The van der Waals surface area contributed by atoms with Crippen molar-refractivity contribution in [3.8, 4) is 17.6 Å². The number of fused-ring (bicyclic) bond motifs is 1. The van der Waals surface area contributed by atoms with Crippen molar-refractivity contribution in [1.29, 1.82) is 0 Å². The van der Waals surface area contributed by atoms with Gasteiger partial charge in [0.05, 0.1) is 23.4 Å². The molecule has 2 aromatic carbocycles. The number of hydrogen-bond acceptors (Lipinski definition) is 13. The number of hydrogen-bond donors (Lipinski definition) is 2. The van der Waals surface area contributed by atoms with Gasteiger partial charge in [-0.3, -0.25) is 9.11 Å². The predicted octanol–water partition coefficient (Wildman–Crippen LogP) is 5.76. The zero-order valence-electron chi connectivity index (χ0n) is 26.9. The third-order valence-corrected chi connectivity index (χ3v) is 9.66. The Bertz CT molecular complexity index is 1990. The van der Waals surface area contributed by atoms with Crippen molar-refractivity contribution in [2.75, 3.05) is 49.8 Å². The van der Waals surface area contributed by atoms with Crippen LogP contribution in [0, 0.1) is 24.6 Å². The number of halogens is 1. The smallest absolute Gasteiger partial charge is 0.355 e. The topological polar surface area (TPSA) is 157 Å². The van der Waals surface area contributed by atoms with Gasteiger partial charge in [0.1, 0.15) is 0 Å². The molecule has 5 aromatic rings. The average molecular weight is 723 g/mol. The van der Waals surface area contributed by atoms with Crippen molar-refractivity contribution in [3.63, 3.8) is 0 Å². The van der Waals surface area contributed by atoms with Gasteiger partial charge in [-0.05, 0) is 82.2 Å². The summed E-state index contributed by atoms with van der Waals surface area (Å²) in [6.07, 6.45) is 0.953. The lowest BCUT2D eigenvalue weighted by atomic mass is 10.2. The Morgan fingerprint density at radius 1 is 1.12 bits per heavy atom. The normalized spacial score (nSPS) is 11.7. The fourth-order valence-corrected chi connectivity index (χ4v) is 6.96. The van der Waals surface area contributed by atoms with Gasteiger partial charge in [-0.25, -0.2) is 19.2 Å². The summed E-state index contributed by atoms with van der Waals surface area (Å²) in [6.45, 7) is 2.75. The van der Waals surface area contributed by atoms with Crippen molar-refractivity contribution in [2.24, 2.45) is 0 Å². The molecule has 0 amide bonds. The number of benzene rings is 2. The van der Waals surface area contributed by atoms with E-state index in [-0.39, 0.29) is 36.8 Å². The first-order valence-electron chi connectivity index (χ1n) is 15.2. The molecule has 2 N–H and O–H groups in total. The summed E-state index contributed by atoms with van der Waals surface area (Å²) in [4.78, 5) is 25.3. The molecule has 3 aromatic heterocycles. The van der Waals surface area contributed by atoms with E-state index in [4.69, 9.17) is 4.74 Å². The molecule has 1 unspecified atom stereocenters. The van der Waals surface area contributed by atoms with E-state index in [1.165, 1.54) is 34.8 Å². The van der Waals surface area contributed by atoms with E-state index in [1.807, 2.05) is 50.2 Å². The number of carbonyl (C=O) groups is 1. The fraction of sp³-hybridized carbons (Fsp3) is 0.303. The molecule has 1 atom stereocenters. The average Bonchev–Trinajstić information content (AvgIpc) is 3.67. The van der Waals surface area contributed by atoms with Crippen LogP contribution >= 0.6 is 22.7 Å². The molecule has 0 saturated carbocycles. The SMILES string of the molecule is Cc1cc(N(CCCS(=O)[O-])c2nc(C(=O)O)c(CCCOc3ccc(C#CCN(C)C)cc3F)s2)nnc1Nc1nc2ccccc2s1. The van der Waals surface area contributed by atoms with Crippen LogP contribution in [0.5, 0.6) is 5.75 Å². The molecule has 0 fully saturated rings. The molecule has 0 aliphatic carbocycles. The van der Waals surface area contributed by atoms with Crippen LogP contribution in [-0.4, -0.2) is 84.4 Å². The molecule has 0 saturated heterocycles. The number of aromatic nitrogens is 4. The lowest BCUT2D eigenvalue weighted by molar-refractivity contribution is 0.0690. The van der Waals surface area contributed by atoms with E-state index in [1.54, 1.807) is 17.0 Å². The Hall–Kier alpha value is -4.53. The summed E-state index contributed by atoms with van der Waals surface area (Å²) in [6, 6.07) is 14.1. The number of ether oxygens (including phenoxy) is 1. The third-order valence-electron chi connectivity index (χ3n) is 6.95. The van der Waals surface area contributed by atoms with Gasteiger partial charge in [0, 0.05) is 22.7 Å². The van der Waals surface area contributed by atoms with Gasteiger partial charge in [-0.2, -0.15) is 0 Å². The minimum Gasteiger partial charge on any atom is -0.772 e. The first-order valence-corrected chi connectivity index (χ1v) is 18.0. The number of aromatic carboxylic acids is 1. The molecule has 0 radical (unpaired) electrons. The Balaban J connectivity index is 1.29. The number of thiazole rings is 2. The summed E-state index contributed by atoms with van der Waals surface area (Å²) in [5, 5.41) is 22.9. The molecular weight excluding hydrogens is 690 g/mol. The standard InChI is InChI=1S/C33H34FN7O5S3/c1-21-19-28(38-39-30(21)37-32-35-24-10-4-5-11-26(24)47-32)41(16-8-18-49(44)45)33-36-29(31(42)43)27(48-33)12-7-17-46-25-14-13-22(20-23(25)34)9-6-15-40(2)3/h4-5,10-11,13-14,19-20H,7-8,12,15-18H2,1-3H3,(H,42,43)(H,44,45)(H,35,37,39)/p-1. The van der Waals surface area contributed by atoms with Gasteiger partial charge in [-0.15, -0.1) is 21.5 Å². The quantitative estimate of drug-likeness (QED) is 0.0766. The first kappa shape index (κ1) is 35.8. The van der Waals surface area contributed by atoms with E-state index in [9.17, 15) is 23.1 Å². The first-order chi connectivity index (χ1) is 23.6. The number of nitrogens with zero attached hydrogens (tertiary/aromatic N) is 6. The van der Waals surface area contributed by atoms with Crippen LogP contribution in [0.4, 0.5) is 26.3 Å². The van der Waals surface area contributed by atoms with Gasteiger partial charge in [0.15, 0.2) is 39.2 Å². The number of nitrogens with one attached hydrogen (secondary N) is 1. The van der Waals surface area contributed by atoms with Crippen molar-refractivity contribution >= 4 is 71.8 Å². The molecule has 0 spiro atoms. The summed E-state index contributed by atoms with van der Waals surface area (Å²) in [5.41, 5.74) is 2.03. The zero-order chi connectivity index (χ0) is 34.9. The Morgan fingerprint density at radius 3 is 2.65 bits per heavy atom. The summed E-state index contributed by atoms with van der Waals surface area (Å²) >= 11 is 0.394. The van der Waals surface area contributed by atoms with Gasteiger partial charge >= 0.3 is 5.97 Å². The second-order valence-corrected chi connectivity index (χ2v) is 14.2. The van der Waals surface area contributed by atoms with Crippen molar-refractivity contribution in [1.82, 2.24) is 25.1 Å². The van der Waals surface area contributed by atoms with Gasteiger partial charge in [0.2, 0.25) is 0 Å². The van der Waals surface area contributed by atoms with E-state index < -0.39 is 22.9 Å². The van der Waals surface area contributed by atoms with Crippen molar-refractivity contribution in [2.45, 2.75) is 26.2 Å². The van der Waals surface area contributed by atoms with Crippen LogP contribution in [0.25, 0.3) is 10.2 Å². The molecule has 0 aliphatic rings. The van der Waals surface area contributed by atoms with Crippen LogP contribution in [0.1, 0.15) is 39.3 Å². The lowest BCUT2D eigenvalue weighted by Gasteiger charge is -2.21. The minimum atomic E-state index is -2.26. The number of para-hydroxylation sites is 1. The molecular formula is C33H33FN7O5S3-. The zero-order valence-corrected chi connectivity index (χ0v) is 29.4. The maximum atomic E-state index is 14.6. The van der Waals surface area contributed by atoms with Crippen LogP contribution in [0.15, 0.2) is 48.5 Å². The molecule has 0 bridgehead atoms. The molecule has 49 heavy (non-hydrogen) atoms. The van der Waals surface area contributed by atoms with E-state index >= 15 is 0 Å². The highest BCUT2D eigenvalue weighted by Gasteiger charge is 2.23. The number of carboxylic acids is 1. The van der Waals surface area contributed by atoms with E-state index in [2.05, 4.69) is 37.3 Å². The van der Waals surface area contributed by atoms with Crippen LogP contribution in [0.2, 0.25) is 0 Å². The maximum absolute atomic E-state index is 14.6. The molecule has 3 heterocycles. The second kappa shape index (κ2) is 16.7. The molecule has 12 nitrogen and oxygen atoms in total. The second-order valence-electron chi connectivity index (χ2n) is 11.1. The number of rotatable bonds is 15. The predicted molar refractivity (Wildman–Crippen MR) is 190 cm³/mol. The van der Waals surface area contributed by atoms with Crippen molar-refractivity contribution in [3.05, 3.63) is 76.0 Å². The highest BCUT2D eigenvalue weighted by molar-refractivity contribution is 7.79. The monoisotopic (exact) mass is 722 g/mol. The molecule has 5 rings (SSSR count). The highest BCUT2D eigenvalue weighted by atomic mass is 32.2. The summed E-state index contributed by atoms with van der Waals surface area (Å²) < 4.78 is 43.9. The maximum Gasteiger partial charge on any atom is 0.355 e. The van der Waals surface area contributed by atoms with Crippen LogP contribution in [0.3, 0.4) is 0 Å². The third kappa shape index (κ3) is 9.77. The van der Waals surface area contributed by atoms with Crippen molar-refractivity contribution < 1.29 is 27.8 Å². The Kier molecular flexibility index (Phi) is 12.2. The van der Waals surface area contributed by atoms with Gasteiger partial charge < -0.3 is 24.6 Å². The number of aryl methyl sites for hydroxylation is 2. The largest absolute Gasteiger partial charge is 0.772 e. The molecule has 0 aliphatic heterocycles. The van der Waals surface area contributed by atoms with Gasteiger partial charge in [-0.1, -0.05) is 46.4 Å². The molecule has 256 valence electrons. The fourth-order valence-electron chi connectivity index (χ4n) is 4.60. The lowest BCUT2D eigenvalue weighted by Crippen LogP contribution is -2.22. The van der Waals surface area contributed by atoms with Crippen LogP contribution in [-0.2, 0) is 17.5 Å². The van der Waals surface area contributed by atoms with E-state index in [0.29, 0.717) is 51.7 Å². The summed E-state index contributed by atoms with van der Waals surface area (Å²) in [7, 11) is 3.80. The van der Waals surface area contributed by atoms with E-state index in [0.717, 1.165) is 15.8 Å². The molecule has 16 heteroatoms. The number of anilines is 4. The Morgan fingerprint density at radius 2 is 1.94 bits per heavy atom. The number of carboxylic acid groups (broad SMARTS) is 1. The minimum absolute atomic E-state index is 0.0820. The van der Waals surface area contributed by atoms with Crippen LogP contribution < -0.4 is 15.0 Å². The van der Waals surface area contributed by atoms with Gasteiger partial charge in [0.25, 0.3) is 0 Å². The summed E-state index contributed by atoms with van der Waals surface area (Å²) in [5.74, 6) is 5.01. The Labute approximate surface area is 293 Å².